The molecule has 5 heteroatoms. The molecule has 0 aromatic heterocycles. The Morgan fingerprint density at radius 2 is 2.40 bits per heavy atom. The molecule has 0 radical (unpaired) electrons. The van der Waals surface area contributed by atoms with Gasteiger partial charge in [-0.15, -0.1) is 0 Å². The van der Waals surface area contributed by atoms with Crippen LogP contribution in [0, 0.1) is 6.92 Å². The number of hydrogen-bond acceptors (Lipinski definition) is 3. The van der Waals surface area contributed by atoms with Gasteiger partial charge in [-0.3, -0.25) is 4.90 Å². The molecule has 1 aromatic rings. The normalized spacial score (nSPS) is 22.3. The molecule has 2 aliphatic rings. The van der Waals surface area contributed by atoms with Crippen LogP contribution in [0.5, 0.6) is 5.75 Å². The molecule has 0 saturated carbocycles. The van der Waals surface area contributed by atoms with E-state index in [2.05, 4.69) is 10.2 Å². The summed E-state index contributed by atoms with van der Waals surface area (Å²) in [4.78, 5) is 13.1. The largest absolute Gasteiger partial charge is 0.487 e. The topological polar surface area (TPSA) is 54.3 Å². The summed E-state index contributed by atoms with van der Waals surface area (Å²) in [5.41, 5.74) is 1.85. The van der Waals surface area contributed by atoms with Crippen LogP contribution in [-0.2, 0) is 0 Å². The Labute approximate surface area is 86.4 Å². The molecule has 15 heavy (non-hydrogen) atoms. The lowest BCUT2D eigenvalue weighted by molar-refractivity contribution is 0.244. The van der Waals surface area contributed by atoms with Crippen LogP contribution in [0.1, 0.15) is 5.56 Å². The third-order valence-corrected chi connectivity index (χ3v) is 2.54. The van der Waals surface area contributed by atoms with Gasteiger partial charge < -0.3 is 4.74 Å². The van der Waals surface area contributed by atoms with Crippen molar-refractivity contribution in [2.45, 2.75) is 13.1 Å². The number of hydrogen-bond donors (Lipinski definition) is 0. The number of ether oxygens (including phenoxy) is 1. The second-order valence-electron chi connectivity index (χ2n) is 3.63. The third-order valence-electron chi connectivity index (χ3n) is 2.54. The number of carbonyl (C=O) groups excluding carboxylic acids is 1. The molecule has 0 bridgehead atoms. The van der Waals surface area contributed by atoms with Gasteiger partial charge in [0.05, 0.1) is 5.69 Å². The van der Waals surface area contributed by atoms with Crippen molar-refractivity contribution >= 4 is 11.7 Å². The van der Waals surface area contributed by atoms with E-state index >= 15 is 0 Å². The van der Waals surface area contributed by atoms with Crippen molar-refractivity contribution in [1.82, 2.24) is 0 Å². The fraction of sp³-hybridized carbons (Fsp3) is 0.300. The molecule has 1 unspecified atom stereocenters. The van der Waals surface area contributed by atoms with Gasteiger partial charge in [-0.2, -0.15) is 5.11 Å². The van der Waals surface area contributed by atoms with E-state index in [1.165, 1.54) is 0 Å². The maximum absolute atomic E-state index is 11.5. The first-order chi connectivity index (χ1) is 7.25. The Morgan fingerprint density at radius 1 is 1.53 bits per heavy atom. The molecule has 3 rings (SSSR count). The fourth-order valence-corrected chi connectivity index (χ4v) is 1.82. The molecular formula is C10H9N3O2. The van der Waals surface area contributed by atoms with E-state index in [1.807, 2.05) is 25.1 Å². The van der Waals surface area contributed by atoms with E-state index in [1.54, 1.807) is 4.90 Å². The molecule has 76 valence electrons. The maximum Gasteiger partial charge on any atom is 0.368 e. The van der Waals surface area contributed by atoms with Crippen LogP contribution in [0.3, 0.4) is 0 Å². The lowest BCUT2D eigenvalue weighted by Crippen LogP contribution is -2.40. The quantitative estimate of drug-likeness (QED) is 0.648. The smallest absolute Gasteiger partial charge is 0.368 e. The van der Waals surface area contributed by atoms with Crippen molar-refractivity contribution in [2.24, 2.45) is 10.2 Å². The Bertz CT molecular complexity index is 470. The summed E-state index contributed by atoms with van der Waals surface area (Å²) in [6, 6.07) is 5.42. The van der Waals surface area contributed by atoms with Crippen molar-refractivity contribution in [3.05, 3.63) is 23.8 Å². The molecule has 0 saturated heterocycles. The predicted octanol–water partition coefficient (Wildman–Crippen LogP) is 2.11. The Balaban J connectivity index is 2.14. The van der Waals surface area contributed by atoms with Crippen molar-refractivity contribution in [3.63, 3.8) is 0 Å². The highest BCUT2D eigenvalue weighted by atomic mass is 16.5. The van der Waals surface area contributed by atoms with Gasteiger partial charge in [0.25, 0.3) is 0 Å². The Morgan fingerprint density at radius 3 is 3.27 bits per heavy atom. The number of nitrogens with zero attached hydrogens (tertiary/aromatic N) is 3. The summed E-state index contributed by atoms with van der Waals surface area (Å²) < 4.78 is 5.49. The van der Waals surface area contributed by atoms with E-state index in [4.69, 9.17) is 4.74 Å². The van der Waals surface area contributed by atoms with Gasteiger partial charge in [0.15, 0.2) is 6.17 Å². The summed E-state index contributed by atoms with van der Waals surface area (Å²) >= 11 is 0. The number of aryl methyl sites for hydroxylation is 1. The minimum absolute atomic E-state index is 0.285. The van der Waals surface area contributed by atoms with Crippen molar-refractivity contribution in [1.29, 1.82) is 0 Å². The van der Waals surface area contributed by atoms with Crippen molar-refractivity contribution in [2.75, 3.05) is 11.5 Å². The van der Waals surface area contributed by atoms with E-state index in [9.17, 15) is 4.79 Å². The van der Waals surface area contributed by atoms with Gasteiger partial charge in [-0.25, -0.2) is 4.79 Å². The second-order valence-corrected chi connectivity index (χ2v) is 3.63. The van der Waals surface area contributed by atoms with Crippen molar-refractivity contribution in [3.8, 4) is 5.75 Å². The van der Waals surface area contributed by atoms with E-state index in [0.29, 0.717) is 6.61 Å². The number of rotatable bonds is 0. The molecule has 0 spiro atoms. The first kappa shape index (κ1) is 8.40. The number of anilines is 1. The van der Waals surface area contributed by atoms with E-state index in [-0.39, 0.29) is 12.2 Å². The van der Waals surface area contributed by atoms with Gasteiger partial charge in [0.1, 0.15) is 12.4 Å². The van der Waals surface area contributed by atoms with Crippen LogP contribution in [0.2, 0.25) is 0 Å². The average Bonchev–Trinajstić information content (AvgIpc) is 2.60. The zero-order valence-corrected chi connectivity index (χ0v) is 8.17. The maximum atomic E-state index is 11.5. The van der Waals surface area contributed by atoms with Crippen LogP contribution >= 0.6 is 0 Å². The lowest BCUT2D eigenvalue weighted by Gasteiger charge is -2.29. The number of azo groups is 1. The molecule has 0 fully saturated rings. The van der Waals surface area contributed by atoms with E-state index in [0.717, 1.165) is 17.0 Å². The second kappa shape index (κ2) is 2.79. The monoisotopic (exact) mass is 203 g/mol. The summed E-state index contributed by atoms with van der Waals surface area (Å²) in [5, 5.41) is 7.38. The first-order valence-electron chi connectivity index (χ1n) is 4.73. The third kappa shape index (κ3) is 1.12. The highest BCUT2D eigenvalue weighted by molar-refractivity contribution is 5.96. The van der Waals surface area contributed by atoms with Gasteiger partial charge in [0.2, 0.25) is 0 Å². The molecular weight excluding hydrogens is 194 g/mol. The highest BCUT2D eigenvalue weighted by Crippen LogP contribution is 2.37. The van der Waals surface area contributed by atoms with Crippen LogP contribution in [-0.4, -0.2) is 18.8 Å². The number of amides is 2. The number of fused-ring (bicyclic) bond motifs is 3. The van der Waals surface area contributed by atoms with Crippen LogP contribution < -0.4 is 9.64 Å². The molecule has 2 amide bonds. The summed E-state index contributed by atoms with van der Waals surface area (Å²) in [6.07, 6.45) is -0.285. The minimum Gasteiger partial charge on any atom is -0.487 e. The Kier molecular flexibility index (Phi) is 1.56. The Hall–Kier alpha value is -1.91. The summed E-state index contributed by atoms with van der Waals surface area (Å²) in [6.45, 7) is 2.35. The van der Waals surface area contributed by atoms with Crippen LogP contribution in [0.25, 0.3) is 0 Å². The minimum atomic E-state index is -0.310. The van der Waals surface area contributed by atoms with Gasteiger partial charge >= 0.3 is 6.03 Å². The summed E-state index contributed by atoms with van der Waals surface area (Å²) in [7, 11) is 0. The van der Waals surface area contributed by atoms with Crippen LogP contribution in [0.15, 0.2) is 28.4 Å². The SMILES string of the molecule is Cc1ccc2c(c1)N1C(=O)N=NC1CO2. The zero-order chi connectivity index (χ0) is 10.4. The average molecular weight is 203 g/mol. The first-order valence-corrected chi connectivity index (χ1v) is 4.73. The molecule has 2 aliphatic heterocycles. The molecule has 1 atom stereocenters. The molecule has 5 nitrogen and oxygen atoms in total. The predicted molar refractivity (Wildman–Crippen MR) is 53.2 cm³/mol. The van der Waals surface area contributed by atoms with Crippen LogP contribution in [0.4, 0.5) is 10.5 Å². The molecule has 1 aromatic carbocycles. The van der Waals surface area contributed by atoms with E-state index < -0.39 is 0 Å². The van der Waals surface area contributed by atoms with Gasteiger partial charge in [0, 0.05) is 0 Å². The van der Waals surface area contributed by atoms with Gasteiger partial charge in [-0.05, 0) is 24.6 Å². The zero-order valence-electron chi connectivity index (χ0n) is 8.17. The molecule has 2 heterocycles. The van der Waals surface area contributed by atoms with Crippen molar-refractivity contribution < 1.29 is 9.53 Å². The lowest BCUT2D eigenvalue weighted by atomic mass is 10.1. The fourth-order valence-electron chi connectivity index (χ4n) is 1.82. The van der Waals surface area contributed by atoms with Gasteiger partial charge in [-0.1, -0.05) is 11.2 Å². The summed E-state index contributed by atoms with van der Waals surface area (Å²) in [5.74, 6) is 0.720. The number of carbonyl (C=O) groups is 1. The molecule has 0 N–H and O–H groups in total. The number of urea groups is 1. The highest BCUT2D eigenvalue weighted by Gasteiger charge is 2.36. The number of benzene rings is 1. The standard InChI is InChI=1S/C10H9N3O2/c1-6-2-3-8-7(4-6)13-9(5-15-8)11-12-10(13)14/h2-4,9H,5H2,1H3. The molecule has 0 aliphatic carbocycles.